The van der Waals surface area contributed by atoms with Crippen molar-refractivity contribution in [3.05, 3.63) is 100 Å². The number of ether oxygens (including phenoxy) is 1. The standard InChI is InChI=1S/C26H21F5N2O3S2/c1-15-9-11-17(12-10-15)38(34,35)33-32-18(20-14-16-6-2-3-8-19(16)37-20)7-4-5-13-36-26-24(30)22(28)21(27)23(29)25(26)31/h2-3,6-12,14,32-33H,4-5,13H2,1H3. The third-order valence-electron chi connectivity index (χ3n) is 5.46. The highest BCUT2D eigenvalue weighted by Crippen LogP contribution is 2.31. The molecule has 3 aromatic carbocycles. The van der Waals surface area contributed by atoms with E-state index < -0.39 is 44.9 Å². The lowest BCUT2D eigenvalue weighted by atomic mass is 10.2. The van der Waals surface area contributed by atoms with E-state index in [-0.39, 0.29) is 24.3 Å². The summed E-state index contributed by atoms with van der Waals surface area (Å²) in [7, 11) is -3.91. The van der Waals surface area contributed by atoms with Crippen LogP contribution in [0.25, 0.3) is 15.8 Å². The van der Waals surface area contributed by atoms with Gasteiger partial charge in [-0.25, -0.2) is 21.6 Å². The maximum Gasteiger partial charge on any atom is 0.257 e. The molecule has 0 saturated carbocycles. The number of allylic oxidation sites excluding steroid dienone is 1. The normalized spacial score (nSPS) is 12.2. The van der Waals surface area contributed by atoms with E-state index in [4.69, 9.17) is 4.74 Å². The van der Waals surface area contributed by atoms with Gasteiger partial charge in [0.15, 0.2) is 5.75 Å². The number of hydrogen-bond acceptors (Lipinski definition) is 5. The molecule has 200 valence electrons. The van der Waals surface area contributed by atoms with Gasteiger partial charge in [-0.1, -0.05) is 42.0 Å². The summed E-state index contributed by atoms with van der Waals surface area (Å²) in [6.07, 6.45) is 1.99. The monoisotopic (exact) mass is 568 g/mol. The molecule has 4 aromatic rings. The predicted molar refractivity (Wildman–Crippen MR) is 135 cm³/mol. The van der Waals surface area contributed by atoms with E-state index in [0.29, 0.717) is 10.6 Å². The van der Waals surface area contributed by atoms with E-state index in [1.54, 1.807) is 18.2 Å². The van der Waals surface area contributed by atoms with E-state index >= 15 is 0 Å². The summed E-state index contributed by atoms with van der Waals surface area (Å²) >= 11 is 1.41. The van der Waals surface area contributed by atoms with Crippen LogP contribution in [0.5, 0.6) is 5.75 Å². The molecule has 0 bridgehead atoms. The molecule has 0 fully saturated rings. The molecule has 0 amide bonds. The first-order valence-electron chi connectivity index (χ1n) is 11.3. The zero-order chi connectivity index (χ0) is 27.4. The van der Waals surface area contributed by atoms with Crippen molar-refractivity contribution < 1.29 is 35.1 Å². The SMILES string of the molecule is Cc1ccc(S(=O)(=O)NNC(=CCCCOc2c(F)c(F)c(F)c(F)c2F)c2cc3ccccc3s2)cc1. The molecule has 38 heavy (non-hydrogen) atoms. The van der Waals surface area contributed by atoms with Crippen LogP contribution in [0.3, 0.4) is 0 Å². The van der Waals surface area contributed by atoms with Gasteiger partial charge in [-0.3, -0.25) is 0 Å². The lowest BCUT2D eigenvalue weighted by molar-refractivity contribution is 0.259. The number of thiophene rings is 1. The minimum atomic E-state index is -3.91. The van der Waals surface area contributed by atoms with E-state index in [1.807, 2.05) is 37.3 Å². The predicted octanol–water partition coefficient (Wildman–Crippen LogP) is 6.59. The van der Waals surface area contributed by atoms with Crippen molar-refractivity contribution in [3.8, 4) is 5.75 Å². The molecule has 0 atom stereocenters. The maximum atomic E-state index is 13.8. The highest BCUT2D eigenvalue weighted by Gasteiger charge is 2.27. The Morgan fingerprint density at radius 3 is 2.21 bits per heavy atom. The van der Waals surface area contributed by atoms with Crippen LogP contribution >= 0.6 is 11.3 Å². The van der Waals surface area contributed by atoms with Gasteiger partial charge < -0.3 is 10.2 Å². The minimum Gasteiger partial charge on any atom is -0.487 e. The number of hydrazine groups is 1. The first kappa shape index (κ1) is 27.6. The number of fused-ring (bicyclic) bond motifs is 1. The molecule has 0 aliphatic carbocycles. The average molecular weight is 569 g/mol. The Morgan fingerprint density at radius 2 is 1.55 bits per heavy atom. The molecule has 0 aliphatic rings. The molecule has 12 heteroatoms. The number of rotatable bonds is 10. The summed E-state index contributed by atoms with van der Waals surface area (Å²) in [6.45, 7) is 1.48. The highest BCUT2D eigenvalue weighted by molar-refractivity contribution is 7.89. The second-order valence-electron chi connectivity index (χ2n) is 8.20. The van der Waals surface area contributed by atoms with Gasteiger partial charge in [0.2, 0.25) is 29.1 Å². The van der Waals surface area contributed by atoms with Gasteiger partial charge in [0.25, 0.3) is 10.0 Å². The second kappa shape index (κ2) is 11.5. The minimum absolute atomic E-state index is 0.0579. The smallest absolute Gasteiger partial charge is 0.257 e. The van der Waals surface area contributed by atoms with E-state index in [2.05, 4.69) is 10.3 Å². The molecule has 0 aliphatic heterocycles. The lowest BCUT2D eigenvalue weighted by Crippen LogP contribution is -2.36. The Labute approximate surface area is 219 Å². The number of unbranched alkanes of at least 4 members (excludes halogenated alkanes) is 1. The lowest BCUT2D eigenvalue weighted by Gasteiger charge is -2.13. The van der Waals surface area contributed by atoms with Gasteiger partial charge in [-0.15, -0.1) is 16.2 Å². The molecule has 0 radical (unpaired) electrons. The molecule has 0 spiro atoms. The Morgan fingerprint density at radius 1 is 0.921 bits per heavy atom. The van der Waals surface area contributed by atoms with Crippen molar-refractivity contribution in [3.63, 3.8) is 0 Å². The number of aryl methyl sites for hydroxylation is 1. The molecule has 1 heterocycles. The maximum absolute atomic E-state index is 13.8. The van der Waals surface area contributed by atoms with Crippen LogP contribution in [-0.4, -0.2) is 15.0 Å². The van der Waals surface area contributed by atoms with Gasteiger partial charge >= 0.3 is 0 Å². The van der Waals surface area contributed by atoms with Crippen molar-refractivity contribution >= 4 is 37.1 Å². The largest absolute Gasteiger partial charge is 0.487 e. The number of sulfonamides is 1. The molecule has 0 unspecified atom stereocenters. The molecule has 2 N–H and O–H groups in total. The van der Waals surface area contributed by atoms with Crippen LogP contribution in [-0.2, 0) is 10.0 Å². The third kappa shape index (κ3) is 5.98. The number of halogens is 5. The van der Waals surface area contributed by atoms with Gasteiger partial charge in [0.1, 0.15) is 0 Å². The topological polar surface area (TPSA) is 67.4 Å². The quantitative estimate of drug-likeness (QED) is 0.0745. The Hall–Kier alpha value is -3.48. The number of nitrogens with one attached hydrogen (secondary N) is 2. The molecule has 1 aromatic heterocycles. The van der Waals surface area contributed by atoms with Crippen molar-refractivity contribution in [2.45, 2.75) is 24.7 Å². The molecule has 0 saturated heterocycles. The summed E-state index contributed by atoms with van der Waals surface area (Å²) in [5.74, 6) is -11.9. The van der Waals surface area contributed by atoms with Crippen LogP contribution in [0, 0.1) is 36.0 Å². The molecule has 5 nitrogen and oxygen atoms in total. The van der Waals surface area contributed by atoms with Crippen LogP contribution in [0.2, 0.25) is 0 Å². The average Bonchev–Trinajstić information content (AvgIpc) is 3.34. The van der Waals surface area contributed by atoms with Crippen LogP contribution in [0.1, 0.15) is 23.3 Å². The summed E-state index contributed by atoms with van der Waals surface area (Å²) in [5.41, 5.74) is 4.04. The molecule has 4 rings (SSSR count). The second-order valence-corrected chi connectivity index (χ2v) is 11.0. The fraction of sp³-hybridized carbons (Fsp3) is 0.154. The third-order valence-corrected chi connectivity index (χ3v) is 7.87. The van der Waals surface area contributed by atoms with Gasteiger partial charge in [0.05, 0.1) is 22.1 Å². The highest BCUT2D eigenvalue weighted by atomic mass is 32.2. The van der Waals surface area contributed by atoms with E-state index in [1.165, 1.54) is 23.5 Å². The first-order valence-corrected chi connectivity index (χ1v) is 13.6. The Balaban J connectivity index is 1.49. The first-order chi connectivity index (χ1) is 18.1. The fourth-order valence-corrected chi connectivity index (χ4v) is 5.36. The summed E-state index contributed by atoms with van der Waals surface area (Å²) in [5, 5.41) is 0.941. The zero-order valence-corrected chi connectivity index (χ0v) is 21.5. The zero-order valence-electron chi connectivity index (χ0n) is 19.8. The van der Waals surface area contributed by atoms with Crippen LogP contribution in [0.4, 0.5) is 22.0 Å². The molecular formula is C26H21F5N2O3S2. The fourth-order valence-electron chi connectivity index (χ4n) is 3.44. The van der Waals surface area contributed by atoms with Gasteiger partial charge in [-0.05, 0) is 49.4 Å². The summed E-state index contributed by atoms with van der Waals surface area (Å²) < 4.78 is 98.9. The number of benzene rings is 3. The van der Waals surface area contributed by atoms with Crippen LogP contribution in [0.15, 0.2) is 65.6 Å². The summed E-state index contributed by atoms with van der Waals surface area (Å²) in [6, 6.07) is 15.7. The van der Waals surface area contributed by atoms with Crippen LogP contribution < -0.4 is 15.0 Å². The van der Waals surface area contributed by atoms with Crippen molar-refractivity contribution in [2.75, 3.05) is 6.61 Å². The van der Waals surface area contributed by atoms with Crippen molar-refractivity contribution in [2.24, 2.45) is 0 Å². The van der Waals surface area contributed by atoms with Crippen molar-refractivity contribution in [1.82, 2.24) is 10.3 Å². The molecular weight excluding hydrogens is 547 g/mol. The van der Waals surface area contributed by atoms with Gasteiger partial charge in [0, 0.05) is 4.70 Å². The Kier molecular flexibility index (Phi) is 8.34. The number of hydrogen-bond donors (Lipinski definition) is 2. The van der Waals surface area contributed by atoms with E-state index in [0.717, 1.165) is 15.6 Å². The van der Waals surface area contributed by atoms with Crippen molar-refractivity contribution in [1.29, 1.82) is 0 Å². The summed E-state index contributed by atoms with van der Waals surface area (Å²) in [4.78, 5) is 3.11. The van der Waals surface area contributed by atoms with E-state index in [9.17, 15) is 30.4 Å². The Bertz CT molecular complexity index is 1540. The van der Waals surface area contributed by atoms with Gasteiger partial charge in [-0.2, -0.15) is 8.78 Å².